The van der Waals surface area contributed by atoms with E-state index in [1.54, 1.807) is 12.1 Å². The van der Waals surface area contributed by atoms with Crippen molar-refractivity contribution in [1.82, 2.24) is 0 Å². The topological polar surface area (TPSA) is 66.4 Å². The summed E-state index contributed by atoms with van der Waals surface area (Å²) in [5.74, 6) is 0.348. The number of hydrogen-bond donors (Lipinski definition) is 2. The minimum absolute atomic E-state index is 0.175. The summed E-state index contributed by atoms with van der Waals surface area (Å²) in [6.07, 6.45) is 1.60. The molecule has 4 nitrogen and oxygen atoms in total. The van der Waals surface area contributed by atoms with Crippen LogP contribution in [0, 0.1) is 0 Å². The third kappa shape index (κ3) is 3.23. The van der Waals surface area contributed by atoms with Crippen LogP contribution in [0.2, 0.25) is 5.02 Å². The molecule has 2 rings (SSSR count). The minimum atomic E-state index is -1.00. The zero-order valence-electron chi connectivity index (χ0n) is 9.69. The van der Waals surface area contributed by atoms with Crippen molar-refractivity contribution in [2.75, 3.05) is 16.8 Å². The molecule has 98 valence electrons. The minimum Gasteiger partial charge on any atom is -0.478 e. The van der Waals surface area contributed by atoms with Crippen LogP contribution >= 0.6 is 11.6 Å². The molecule has 0 unspecified atom stereocenters. The summed E-state index contributed by atoms with van der Waals surface area (Å²) in [6.45, 7) is 0. The molecular weight excluding hydrogens is 274 g/mol. The van der Waals surface area contributed by atoms with Crippen LogP contribution in [0.5, 0.6) is 0 Å². The first kappa shape index (κ1) is 13.4. The third-order valence-electron chi connectivity index (χ3n) is 2.96. The van der Waals surface area contributed by atoms with E-state index >= 15 is 0 Å². The standard InChI is InChI=1S/C12H14ClNO3S/c13-8-1-2-11(10(7-8)12(15)16)14-9-3-5-18(17)6-4-9/h1-2,7,9,14H,3-6H2,(H,15,16). The summed E-state index contributed by atoms with van der Waals surface area (Å²) in [6, 6.07) is 4.96. The van der Waals surface area contributed by atoms with Gasteiger partial charge in [-0.2, -0.15) is 0 Å². The number of rotatable bonds is 3. The Morgan fingerprint density at radius 3 is 2.67 bits per heavy atom. The lowest BCUT2D eigenvalue weighted by Gasteiger charge is -2.24. The highest BCUT2D eigenvalue weighted by atomic mass is 35.5. The van der Waals surface area contributed by atoms with Gasteiger partial charge in [0.1, 0.15) is 0 Å². The van der Waals surface area contributed by atoms with Crippen LogP contribution in [-0.2, 0) is 10.8 Å². The molecule has 0 radical (unpaired) electrons. The van der Waals surface area contributed by atoms with Crippen LogP contribution < -0.4 is 5.32 Å². The van der Waals surface area contributed by atoms with Gasteiger partial charge in [0.25, 0.3) is 0 Å². The van der Waals surface area contributed by atoms with Gasteiger partial charge in [-0.15, -0.1) is 0 Å². The predicted molar refractivity (Wildman–Crippen MR) is 72.9 cm³/mol. The smallest absolute Gasteiger partial charge is 0.337 e. The van der Waals surface area contributed by atoms with E-state index < -0.39 is 16.8 Å². The summed E-state index contributed by atoms with van der Waals surface area (Å²) in [5, 5.41) is 12.7. The first-order chi connectivity index (χ1) is 8.56. The average Bonchev–Trinajstić information content (AvgIpc) is 2.34. The maximum Gasteiger partial charge on any atom is 0.337 e. The van der Waals surface area contributed by atoms with Crippen molar-refractivity contribution in [3.05, 3.63) is 28.8 Å². The predicted octanol–water partition coefficient (Wildman–Crippen LogP) is 2.36. The Morgan fingerprint density at radius 1 is 1.39 bits per heavy atom. The van der Waals surface area contributed by atoms with Crippen LogP contribution in [0.4, 0.5) is 5.69 Å². The molecule has 0 aliphatic carbocycles. The second kappa shape index (κ2) is 5.71. The number of carboxylic acids is 1. The fourth-order valence-electron chi connectivity index (χ4n) is 1.98. The fourth-order valence-corrected chi connectivity index (χ4v) is 3.45. The molecule has 1 saturated heterocycles. The average molecular weight is 288 g/mol. The first-order valence-electron chi connectivity index (χ1n) is 5.70. The lowest BCUT2D eigenvalue weighted by molar-refractivity contribution is 0.0698. The molecule has 0 aromatic heterocycles. The van der Waals surface area contributed by atoms with E-state index in [4.69, 9.17) is 16.7 Å². The summed E-state index contributed by atoms with van der Waals surface area (Å²) in [4.78, 5) is 11.1. The van der Waals surface area contributed by atoms with Gasteiger partial charge in [0.05, 0.1) is 5.56 Å². The Hall–Kier alpha value is -1.07. The molecule has 0 bridgehead atoms. The molecule has 1 aromatic rings. The molecule has 6 heteroatoms. The molecule has 0 spiro atoms. The van der Waals surface area contributed by atoms with Gasteiger partial charge in [-0.1, -0.05) is 11.6 Å². The van der Waals surface area contributed by atoms with E-state index in [-0.39, 0.29) is 11.6 Å². The number of carbonyl (C=O) groups is 1. The number of anilines is 1. The highest BCUT2D eigenvalue weighted by molar-refractivity contribution is 7.85. The van der Waals surface area contributed by atoms with Crippen LogP contribution in [0.25, 0.3) is 0 Å². The van der Waals surface area contributed by atoms with E-state index in [1.165, 1.54) is 6.07 Å². The monoisotopic (exact) mass is 287 g/mol. The number of hydrogen-bond acceptors (Lipinski definition) is 3. The quantitative estimate of drug-likeness (QED) is 0.896. The lowest BCUT2D eigenvalue weighted by Crippen LogP contribution is -2.30. The van der Waals surface area contributed by atoms with Gasteiger partial charge in [0, 0.05) is 39.1 Å². The summed E-state index contributed by atoms with van der Waals surface area (Å²) in [7, 11) is -0.714. The number of halogens is 1. The van der Waals surface area contributed by atoms with Crippen LogP contribution in [0.15, 0.2) is 18.2 Å². The molecule has 1 aliphatic rings. The summed E-state index contributed by atoms with van der Waals surface area (Å²) >= 11 is 5.79. The second-order valence-corrected chi connectivity index (χ2v) is 6.39. The Kier molecular flexibility index (Phi) is 4.24. The Balaban J connectivity index is 2.13. The number of carboxylic acid groups (broad SMARTS) is 1. The SMILES string of the molecule is O=C(O)c1cc(Cl)ccc1NC1CCS(=O)CC1. The molecule has 2 N–H and O–H groups in total. The largest absolute Gasteiger partial charge is 0.478 e. The maximum absolute atomic E-state index is 11.3. The molecule has 1 fully saturated rings. The van der Waals surface area contributed by atoms with Crippen LogP contribution in [0.1, 0.15) is 23.2 Å². The second-order valence-electron chi connectivity index (χ2n) is 4.26. The molecule has 1 heterocycles. The van der Waals surface area contributed by atoms with Gasteiger partial charge in [0.2, 0.25) is 0 Å². The van der Waals surface area contributed by atoms with Gasteiger partial charge in [0.15, 0.2) is 0 Å². The zero-order valence-corrected chi connectivity index (χ0v) is 11.3. The third-order valence-corrected chi connectivity index (χ3v) is 4.58. The summed E-state index contributed by atoms with van der Waals surface area (Å²) < 4.78 is 11.3. The Labute approximate surface area is 113 Å². The van der Waals surface area contributed by atoms with Crippen molar-refractivity contribution in [2.45, 2.75) is 18.9 Å². The van der Waals surface area contributed by atoms with Crippen molar-refractivity contribution in [1.29, 1.82) is 0 Å². The normalized spacial score (nSPS) is 23.6. The maximum atomic E-state index is 11.3. The highest BCUT2D eigenvalue weighted by Gasteiger charge is 2.19. The van der Waals surface area contributed by atoms with E-state index in [1.807, 2.05) is 0 Å². The number of aromatic carboxylic acids is 1. The van der Waals surface area contributed by atoms with Gasteiger partial charge in [-0.3, -0.25) is 4.21 Å². The van der Waals surface area contributed by atoms with Gasteiger partial charge in [-0.25, -0.2) is 4.79 Å². The van der Waals surface area contributed by atoms with Gasteiger partial charge < -0.3 is 10.4 Å². The van der Waals surface area contributed by atoms with Crippen molar-refractivity contribution in [2.24, 2.45) is 0 Å². The van der Waals surface area contributed by atoms with Crippen molar-refractivity contribution in [3.63, 3.8) is 0 Å². The molecule has 0 amide bonds. The molecule has 1 aromatic carbocycles. The zero-order chi connectivity index (χ0) is 13.1. The van der Waals surface area contributed by atoms with Crippen molar-refractivity contribution >= 4 is 34.1 Å². The van der Waals surface area contributed by atoms with E-state index in [0.717, 1.165) is 12.8 Å². The molecule has 1 aliphatic heterocycles. The molecule has 0 atom stereocenters. The summed E-state index contributed by atoms with van der Waals surface area (Å²) in [5.41, 5.74) is 0.749. The lowest BCUT2D eigenvalue weighted by atomic mass is 10.1. The Morgan fingerprint density at radius 2 is 2.06 bits per heavy atom. The molecule has 0 saturated carbocycles. The van der Waals surface area contributed by atoms with Gasteiger partial charge in [-0.05, 0) is 31.0 Å². The van der Waals surface area contributed by atoms with Crippen molar-refractivity contribution < 1.29 is 14.1 Å². The first-order valence-corrected chi connectivity index (χ1v) is 7.57. The number of benzene rings is 1. The van der Waals surface area contributed by atoms with E-state index in [2.05, 4.69) is 5.32 Å². The number of nitrogens with one attached hydrogen (secondary N) is 1. The fraction of sp³-hybridized carbons (Fsp3) is 0.417. The van der Waals surface area contributed by atoms with Gasteiger partial charge >= 0.3 is 5.97 Å². The highest BCUT2D eigenvalue weighted by Crippen LogP contribution is 2.23. The molecular formula is C12H14ClNO3S. The van der Waals surface area contributed by atoms with E-state index in [9.17, 15) is 9.00 Å². The van der Waals surface area contributed by atoms with Crippen molar-refractivity contribution in [3.8, 4) is 0 Å². The van der Waals surface area contributed by atoms with Crippen LogP contribution in [-0.4, -0.2) is 32.8 Å². The Bertz CT molecular complexity index is 482. The van der Waals surface area contributed by atoms with Crippen LogP contribution in [0.3, 0.4) is 0 Å². The molecule has 18 heavy (non-hydrogen) atoms. The van der Waals surface area contributed by atoms with E-state index in [0.29, 0.717) is 22.2 Å².